The van der Waals surface area contributed by atoms with E-state index in [1.165, 1.54) is 0 Å². The zero-order chi connectivity index (χ0) is 18.4. The van der Waals surface area contributed by atoms with Crippen molar-refractivity contribution in [2.75, 3.05) is 31.5 Å². The van der Waals surface area contributed by atoms with Crippen LogP contribution in [0.1, 0.15) is 30.9 Å². The number of anilines is 1. The lowest BCUT2D eigenvalue weighted by Gasteiger charge is -2.31. The molecule has 2 amide bonds. The van der Waals surface area contributed by atoms with E-state index in [0.29, 0.717) is 26.2 Å². The van der Waals surface area contributed by atoms with Crippen molar-refractivity contribution in [2.24, 2.45) is 0 Å². The average Bonchev–Trinajstić information content (AvgIpc) is 2.61. The molecule has 0 aromatic heterocycles. The summed E-state index contributed by atoms with van der Waals surface area (Å²) in [5.74, 6) is -0.141. The molecule has 1 aliphatic rings. The number of hydrogen-bond acceptors (Lipinski definition) is 4. The molecule has 1 heterocycles. The first kappa shape index (κ1) is 18.5. The van der Waals surface area contributed by atoms with Gasteiger partial charge in [0.2, 0.25) is 6.41 Å². The third-order valence-corrected chi connectivity index (χ3v) is 4.34. The number of hydrogen-bond donors (Lipinski definition) is 1. The second kappa shape index (κ2) is 8.34. The Balaban J connectivity index is 2.15. The molecule has 0 aliphatic carbocycles. The molecule has 0 spiro atoms. The minimum Gasteiger partial charge on any atom is -0.373 e. The lowest BCUT2D eigenvalue weighted by atomic mass is 9.98. The fraction of sp³-hybridized carbons (Fsp3) is 0.421. The second-order valence-electron chi connectivity index (χ2n) is 6.48. The number of benzene rings is 1. The SMILES string of the molecule is Cc1cccc(C(C)C)c1NC(=O)/C(C#N)=C\N1CCN(C=O)CC1. The van der Waals surface area contributed by atoms with Gasteiger partial charge in [-0.25, -0.2) is 0 Å². The number of nitriles is 1. The van der Waals surface area contributed by atoms with E-state index in [1.54, 1.807) is 11.1 Å². The Kier molecular flexibility index (Phi) is 6.18. The maximum atomic E-state index is 12.6. The first-order chi connectivity index (χ1) is 12.0. The molecular formula is C19H24N4O2. The molecule has 0 atom stereocenters. The van der Waals surface area contributed by atoms with Gasteiger partial charge in [0.1, 0.15) is 11.6 Å². The number of carbonyl (C=O) groups is 2. The molecule has 0 saturated carbocycles. The van der Waals surface area contributed by atoms with Crippen LogP contribution in [0.25, 0.3) is 0 Å². The number of piperazine rings is 1. The number of aryl methyl sites for hydroxylation is 1. The van der Waals surface area contributed by atoms with Crippen molar-refractivity contribution in [1.82, 2.24) is 9.80 Å². The van der Waals surface area contributed by atoms with Gasteiger partial charge < -0.3 is 15.1 Å². The summed E-state index contributed by atoms with van der Waals surface area (Å²) in [6.07, 6.45) is 2.41. The molecule has 1 aromatic rings. The zero-order valence-electron chi connectivity index (χ0n) is 15.0. The minimum atomic E-state index is -0.406. The van der Waals surface area contributed by atoms with Gasteiger partial charge in [0.05, 0.1) is 0 Å². The third-order valence-electron chi connectivity index (χ3n) is 4.34. The summed E-state index contributed by atoms with van der Waals surface area (Å²) in [6, 6.07) is 7.88. The van der Waals surface area contributed by atoms with Gasteiger partial charge in [-0.15, -0.1) is 0 Å². The predicted octanol–water partition coefficient (Wildman–Crippen LogP) is 2.24. The molecule has 1 aromatic carbocycles. The number of para-hydroxylation sites is 1. The van der Waals surface area contributed by atoms with Crippen LogP contribution in [0.3, 0.4) is 0 Å². The Hall–Kier alpha value is -2.81. The van der Waals surface area contributed by atoms with Gasteiger partial charge in [0, 0.05) is 38.1 Å². The molecule has 2 rings (SSSR count). The molecule has 1 N–H and O–H groups in total. The second-order valence-corrected chi connectivity index (χ2v) is 6.48. The van der Waals surface area contributed by atoms with Crippen molar-refractivity contribution in [2.45, 2.75) is 26.7 Å². The molecule has 132 valence electrons. The molecule has 1 fully saturated rings. The molecule has 6 nitrogen and oxygen atoms in total. The largest absolute Gasteiger partial charge is 0.373 e. The summed E-state index contributed by atoms with van der Waals surface area (Å²) in [4.78, 5) is 26.9. The van der Waals surface area contributed by atoms with Crippen LogP contribution in [0.15, 0.2) is 30.0 Å². The third kappa shape index (κ3) is 4.60. The molecule has 0 bridgehead atoms. The van der Waals surface area contributed by atoms with Gasteiger partial charge in [0.15, 0.2) is 0 Å². The van der Waals surface area contributed by atoms with E-state index < -0.39 is 5.91 Å². The molecular weight excluding hydrogens is 316 g/mol. The van der Waals surface area contributed by atoms with Crippen molar-refractivity contribution >= 4 is 18.0 Å². The van der Waals surface area contributed by atoms with E-state index in [2.05, 4.69) is 19.2 Å². The van der Waals surface area contributed by atoms with Gasteiger partial charge in [0.25, 0.3) is 5.91 Å². The van der Waals surface area contributed by atoms with E-state index in [0.717, 1.165) is 23.2 Å². The number of amides is 2. The number of rotatable bonds is 5. The van der Waals surface area contributed by atoms with E-state index in [-0.39, 0.29) is 11.5 Å². The van der Waals surface area contributed by atoms with Crippen LogP contribution in [0, 0.1) is 18.3 Å². The van der Waals surface area contributed by atoms with E-state index in [9.17, 15) is 14.9 Å². The van der Waals surface area contributed by atoms with Crippen molar-refractivity contribution in [3.8, 4) is 6.07 Å². The van der Waals surface area contributed by atoms with Crippen molar-refractivity contribution < 1.29 is 9.59 Å². The number of carbonyl (C=O) groups excluding carboxylic acids is 2. The highest BCUT2D eigenvalue weighted by Gasteiger charge is 2.18. The average molecular weight is 340 g/mol. The summed E-state index contributed by atoms with van der Waals surface area (Å²) >= 11 is 0. The van der Waals surface area contributed by atoms with Gasteiger partial charge in [-0.05, 0) is 24.0 Å². The monoisotopic (exact) mass is 340 g/mol. The van der Waals surface area contributed by atoms with E-state index in [4.69, 9.17) is 0 Å². The topological polar surface area (TPSA) is 76.4 Å². The highest BCUT2D eigenvalue weighted by Crippen LogP contribution is 2.27. The highest BCUT2D eigenvalue weighted by atomic mass is 16.1. The van der Waals surface area contributed by atoms with E-state index in [1.807, 2.05) is 36.1 Å². The quantitative estimate of drug-likeness (QED) is 0.507. The molecule has 25 heavy (non-hydrogen) atoms. The standard InChI is InChI=1S/C19H24N4O2/c1-14(2)17-6-4-5-15(3)18(17)21-19(25)16(11-20)12-22-7-9-23(13-24)10-8-22/h4-6,12-14H,7-10H2,1-3H3,(H,21,25)/b16-12-. The summed E-state index contributed by atoms with van der Waals surface area (Å²) in [6.45, 7) is 8.48. The van der Waals surface area contributed by atoms with Gasteiger partial charge in [-0.3, -0.25) is 9.59 Å². The highest BCUT2D eigenvalue weighted by molar-refractivity contribution is 6.07. The van der Waals surface area contributed by atoms with Crippen molar-refractivity contribution in [3.05, 3.63) is 41.1 Å². The summed E-state index contributed by atoms with van der Waals surface area (Å²) < 4.78 is 0. The van der Waals surface area contributed by atoms with Crippen LogP contribution in [-0.2, 0) is 9.59 Å². The van der Waals surface area contributed by atoms with E-state index >= 15 is 0 Å². The first-order valence-corrected chi connectivity index (χ1v) is 8.42. The summed E-state index contributed by atoms with van der Waals surface area (Å²) in [5.41, 5.74) is 2.86. The summed E-state index contributed by atoms with van der Waals surface area (Å²) in [5, 5.41) is 12.3. The van der Waals surface area contributed by atoms with Gasteiger partial charge >= 0.3 is 0 Å². The lowest BCUT2D eigenvalue weighted by Crippen LogP contribution is -2.43. The Morgan fingerprint density at radius 3 is 2.44 bits per heavy atom. The molecule has 0 unspecified atom stereocenters. The zero-order valence-corrected chi connectivity index (χ0v) is 15.0. The van der Waals surface area contributed by atoms with Crippen LogP contribution < -0.4 is 5.32 Å². The van der Waals surface area contributed by atoms with Gasteiger partial charge in [-0.2, -0.15) is 5.26 Å². The molecule has 0 radical (unpaired) electrons. The Morgan fingerprint density at radius 2 is 1.88 bits per heavy atom. The smallest absolute Gasteiger partial charge is 0.267 e. The van der Waals surface area contributed by atoms with Crippen LogP contribution >= 0.6 is 0 Å². The van der Waals surface area contributed by atoms with Crippen LogP contribution in [0.5, 0.6) is 0 Å². The van der Waals surface area contributed by atoms with Crippen LogP contribution in [0.2, 0.25) is 0 Å². The predicted molar refractivity (Wildman–Crippen MR) is 96.8 cm³/mol. The fourth-order valence-electron chi connectivity index (χ4n) is 2.82. The summed E-state index contributed by atoms with van der Waals surface area (Å²) in [7, 11) is 0. The maximum Gasteiger partial charge on any atom is 0.267 e. The Bertz CT molecular complexity index is 711. The van der Waals surface area contributed by atoms with Crippen molar-refractivity contribution in [3.63, 3.8) is 0 Å². The van der Waals surface area contributed by atoms with Crippen LogP contribution in [0.4, 0.5) is 5.69 Å². The molecule has 6 heteroatoms. The van der Waals surface area contributed by atoms with Crippen molar-refractivity contribution in [1.29, 1.82) is 5.26 Å². The number of nitrogens with zero attached hydrogens (tertiary/aromatic N) is 3. The Labute approximate surface area is 148 Å². The first-order valence-electron chi connectivity index (χ1n) is 8.42. The maximum absolute atomic E-state index is 12.6. The lowest BCUT2D eigenvalue weighted by molar-refractivity contribution is -0.119. The normalized spacial score (nSPS) is 15.1. The molecule has 1 saturated heterocycles. The Morgan fingerprint density at radius 1 is 1.24 bits per heavy atom. The molecule has 1 aliphatic heterocycles. The number of nitrogens with one attached hydrogen (secondary N) is 1. The minimum absolute atomic E-state index is 0.0671. The van der Waals surface area contributed by atoms with Gasteiger partial charge in [-0.1, -0.05) is 32.0 Å². The van der Waals surface area contributed by atoms with Crippen LogP contribution in [-0.4, -0.2) is 48.3 Å². The fourth-order valence-corrected chi connectivity index (χ4v) is 2.82.